The van der Waals surface area contributed by atoms with Crippen molar-refractivity contribution in [3.63, 3.8) is 0 Å². The second-order valence-electron chi connectivity index (χ2n) is 4.78. The molecule has 0 aliphatic heterocycles. The highest BCUT2D eigenvalue weighted by atomic mass is 16.3. The van der Waals surface area contributed by atoms with E-state index in [9.17, 15) is 5.11 Å². The molecule has 0 radical (unpaired) electrons. The predicted molar refractivity (Wildman–Crippen MR) is 71.3 cm³/mol. The van der Waals surface area contributed by atoms with Crippen LogP contribution >= 0.6 is 0 Å². The molecule has 1 aliphatic rings. The lowest BCUT2D eigenvalue weighted by Gasteiger charge is -2.22. The van der Waals surface area contributed by atoms with Gasteiger partial charge in [0.05, 0.1) is 0 Å². The molecule has 0 spiro atoms. The monoisotopic (exact) mass is 234 g/mol. The molecule has 3 nitrogen and oxygen atoms in total. The molecule has 0 aromatic heterocycles. The van der Waals surface area contributed by atoms with Crippen LogP contribution in [0, 0.1) is 5.92 Å². The third kappa shape index (κ3) is 2.55. The van der Waals surface area contributed by atoms with E-state index in [-0.39, 0.29) is 6.04 Å². The normalized spacial score (nSPS) is 16.9. The summed E-state index contributed by atoms with van der Waals surface area (Å²) in [6.45, 7) is 6.13. The van der Waals surface area contributed by atoms with Gasteiger partial charge in [0.15, 0.2) is 0 Å². The molecule has 0 saturated heterocycles. The standard InChI is InChI=1S/C14H22N2O/c1-3-16(4-2)11-7-8-12(13(17)9-11)14(15)10-5-6-10/h7-10,14,17H,3-6,15H2,1-2H3/t14-/m0/s1. The van der Waals surface area contributed by atoms with Crippen LogP contribution in [0.25, 0.3) is 0 Å². The lowest BCUT2D eigenvalue weighted by molar-refractivity contribution is 0.456. The number of hydrogen-bond donors (Lipinski definition) is 2. The Balaban J connectivity index is 2.21. The fourth-order valence-corrected chi connectivity index (χ4v) is 2.31. The first kappa shape index (κ1) is 12.2. The molecule has 1 fully saturated rings. The van der Waals surface area contributed by atoms with E-state index in [1.165, 1.54) is 12.8 Å². The maximum Gasteiger partial charge on any atom is 0.122 e. The molecule has 1 aliphatic carbocycles. The molecule has 1 saturated carbocycles. The highest BCUT2D eigenvalue weighted by Crippen LogP contribution is 2.42. The second kappa shape index (κ2) is 4.96. The molecule has 0 heterocycles. The zero-order valence-electron chi connectivity index (χ0n) is 10.7. The Hall–Kier alpha value is -1.22. The van der Waals surface area contributed by atoms with Crippen LogP contribution in [-0.4, -0.2) is 18.2 Å². The fraction of sp³-hybridized carbons (Fsp3) is 0.571. The van der Waals surface area contributed by atoms with E-state index in [1.807, 2.05) is 12.1 Å². The van der Waals surface area contributed by atoms with Crippen molar-refractivity contribution in [2.24, 2.45) is 11.7 Å². The minimum Gasteiger partial charge on any atom is -0.508 e. The van der Waals surface area contributed by atoms with E-state index in [0.717, 1.165) is 24.3 Å². The molecule has 0 bridgehead atoms. The molecule has 3 N–H and O–H groups in total. The molecular weight excluding hydrogens is 212 g/mol. The van der Waals surface area contributed by atoms with E-state index < -0.39 is 0 Å². The third-order valence-electron chi connectivity index (χ3n) is 3.63. The summed E-state index contributed by atoms with van der Waals surface area (Å²) in [6, 6.07) is 5.88. The summed E-state index contributed by atoms with van der Waals surface area (Å²) in [7, 11) is 0. The number of aromatic hydroxyl groups is 1. The summed E-state index contributed by atoms with van der Waals surface area (Å²) in [5.41, 5.74) is 8.08. The lowest BCUT2D eigenvalue weighted by Crippen LogP contribution is -2.22. The van der Waals surface area contributed by atoms with Crippen LogP contribution in [-0.2, 0) is 0 Å². The molecule has 0 amide bonds. The molecule has 1 atom stereocenters. The Labute approximate surface area is 103 Å². The largest absolute Gasteiger partial charge is 0.508 e. The Morgan fingerprint density at radius 1 is 1.35 bits per heavy atom. The average molecular weight is 234 g/mol. The molecular formula is C14H22N2O. The van der Waals surface area contributed by atoms with Crippen LogP contribution in [0.3, 0.4) is 0 Å². The Kier molecular flexibility index (Phi) is 3.57. The SMILES string of the molecule is CCN(CC)c1ccc([C@@H](N)C2CC2)c(O)c1. The molecule has 2 rings (SSSR count). The van der Waals surface area contributed by atoms with Gasteiger partial charge >= 0.3 is 0 Å². The van der Waals surface area contributed by atoms with Crippen molar-refractivity contribution in [2.45, 2.75) is 32.7 Å². The van der Waals surface area contributed by atoms with Gasteiger partial charge in [0.1, 0.15) is 5.75 Å². The number of anilines is 1. The number of nitrogens with two attached hydrogens (primary N) is 1. The minimum atomic E-state index is 0.000697. The van der Waals surface area contributed by atoms with Crippen molar-refractivity contribution >= 4 is 5.69 Å². The smallest absolute Gasteiger partial charge is 0.122 e. The fourth-order valence-electron chi connectivity index (χ4n) is 2.31. The van der Waals surface area contributed by atoms with E-state index >= 15 is 0 Å². The number of phenolic OH excluding ortho intramolecular Hbond substituents is 1. The van der Waals surface area contributed by atoms with Gasteiger partial charge in [0.2, 0.25) is 0 Å². The van der Waals surface area contributed by atoms with Crippen molar-refractivity contribution in [2.75, 3.05) is 18.0 Å². The highest BCUT2D eigenvalue weighted by molar-refractivity contribution is 5.54. The quantitative estimate of drug-likeness (QED) is 0.823. The Bertz CT molecular complexity index is 384. The highest BCUT2D eigenvalue weighted by Gasteiger charge is 2.31. The van der Waals surface area contributed by atoms with Gasteiger partial charge in [0, 0.05) is 36.4 Å². The zero-order valence-corrected chi connectivity index (χ0v) is 10.7. The number of benzene rings is 1. The minimum absolute atomic E-state index is 0.000697. The van der Waals surface area contributed by atoms with Crippen molar-refractivity contribution in [1.82, 2.24) is 0 Å². The summed E-state index contributed by atoms with van der Waals surface area (Å²) < 4.78 is 0. The van der Waals surface area contributed by atoms with Crippen molar-refractivity contribution in [3.8, 4) is 5.75 Å². The van der Waals surface area contributed by atoms with Gasteiger partial charge in [-0.15, -0.1) is 0 Å². The maximum atomic E-state index is 10.1. The first-order chi connectivity index (χ1) is 8.17. The first-order valence-corrected chi connectivity index (χ1v) is 6.50. The van der Waals surface area contributed by atoms with Crippen LogP contribution in [0.2, 0.25) is 0 Å². The van der Waals surface area contributed by atoms with Gasteiger partial charge < -0.3 is 15.7 Å². The van der Waals surface area contributed by atoms with Crippen molar-refractivity contribution < 1.29 is 5.11 Å². The molecule has 1 aromatic carbocycles. The predicted octanol–water partition coefficient (Wildman–Crippen LogP) is 2.65. The number of phenols is 1. The van der Waals surface area contributed by atoms with Gasteiger partial charge in [-0.2, -0.15) is 0 Å². The van der Waals surface area contributed by atoms with Crippen LogP contribution in [0.4, 0.5) is 5.69 Å². The van der Waals surface area contributed by atoms with Crippen molar-refractivity contribution in [1.29, 1.82) is 0 Å². The van der Waals surface area contributed by atoms with Crippen molar-refractivity contribution in [3.05, 3.63) is 23.8 Å². The van der Waals surface area contributed by atoms with E-state index in [2.05, 4.69) is 24.8 Å². The molecule has 3 heteroatoms. The summed E-state index contributed by atoms with van der Waals surface area (Å²) >= 11 is 0. The third-order valence-corrected chi connectivity index (χ3v) is 3.63. The van der Waals surface area contributed by atoms with Gasteiger partial charge in [0.25, 0.3) is 0 Å². The molecule has 0 unspecified atom stereocenters. The van der Waals surface area contributed by atoms with Gasteiger partial charge in [-0.3, -0.25) is 0 Å². The van der Waals surface area contributed by atoms with Gasteiger partial charge in [-0.25, -0.2) is 0 Å². The van der Waals surface area contributed by atoms with Crippen LogP contribution in [0.1, 0.15) is 38.3 Å². The zero-order chi connectivity index (χ0) is 12.4. The molecule has 94 valence electrons. The Morgan fingerprint density at radius 2 is 2.00 bits per heavy atom. The summed E-state index contributed by atoms with van der Waals surface area (Å²) in [5, 5.41) is 10.1. The molecule has 1 aromatic rings. The number of hydrogen-bond acceptors (Lipinski definition) is 3. The summed E-state index contributed by atoms with van der Waals surface area (Å²) in [4.78, 5) is 2.21. The van der Waals surface area contributed by atoms with Gasteiger partial charge in [-0.05, 0) is 38.7 Å². The van der Waals surface area contributed by atoms with Crippen LogP contribution in [0.15, 0.2) is 18.2 Å². The topological polar surface area (TPSA) is 49.5 Å². The summed E-state index contributed by atoms with van der Waals surface area (Å²) in [6.07, 6.45) is 2.39. The van der Waals surface area contributed by atoms with E-state index in [1.54, 1.807) is 0 Å². The van der Waals surface area contributed by atoms with Gasteiger partial charge in [-0.1, -0.05) is 6.07 Å². The Morgan fingerprint density at radius 3 is 2.47 bits per heavy atom. The lowest BCUT2D eigenvalue weighted by atomic mass is 10.0. The molecule has 17 heavy (non-hydrogen) atoms. The number of rotatable bonds is 5. The van der Waals surface area contributed by atoms with E-state index in [0.29, 0.717) is 11.7 Å². The average Bonchev–Trinajstić information content (AvgIpc) is 3.14. The summed E-state index contributed by atoms with van der Waals surface area (Å²) in [5.74, 6) is 0.911. The maximum absolute atomic E-state index is 10.1. The number of nitrogens with zero attached hydrogens (tertiary/aromatic N) is 1. The van der Waals surface area contributed by atoms with Crippen LogP contribution < -0.4 is 10.6 Å². The van der Waals surface area contributed by atoms with E-state index in [4.69, 9.17) is 5.73 Å². The van der Waals surface area contributed by atoms with Crippen LogP contribution in [0.5, 0.6) is 5.75 Å². The second-order valence-corrected chi connectivity index (χ2v) is 4.78. The first-order valence-electron chi connectivity index (χ1n) is 6.50.